The van der Waals surface area contributed by atoms with E-state index in [2.05, 4.69) is 20.8 Å². The molecule has 1 atom stereocenters. The van der Waals surface area contributed by atoms with E-state index in [4.69, 9.17) is 4.52 Å². The summed E-state index contributed by atoms with van der Waals surface area (Å²) in [4.78, 5) is 28.1. The summed E-state index contributed by atoms with van der Waals surface area (Å²) in [5.41, 5.74) is 0.667. The minimum atomic E-state index is -0.487. The Labute approximate surface area is 164 Å². The van der Waals surface area contributed by atoms with Crippen LogP contribution in [0.15, 0.2) is 47.5 Å². The molecule has 0 bridgehead atoms. The number of benzene rings is 1. The third kappa shape index (κ3) is 4.97. The Morgan fingerprint density at radius 1 is 1.32 bits per heavy atom. The van der Waals surface area contributed by atoms with Crippen LogP contribution in [0.4, 0.5) is 15.9 Å². The van der Waals surface area contributed by atoms with Crippen LogP contribution in [-0.2, 0) is 9.59 Å². The molecule has 0 saturated heterocycles. The highest BCUT2D eigenvalue weighted by molar-refractivity contribution is 8.01. The molecule has 146 valence electrons. The summed E-state index contributed by atoms with van der Waals surface area (Å²) in [6.07, 6.45) is 4.66. The summed E-state index contributed by atoms with van der Waals surface area (Å²) >= 11 is 1.15. The Kier molecular flexibility index (Phi) is 6.09. The topological polar surface area (TPSA) is 102 Å². The Balaban J connectivity index is 1.50. The van der Waals surface area contributed by atoms with E-state index in [0.29, 0.717) is 23.0 Å². The van der Waals surface area contributed by atoms with Crippen molar-refractivity contribution in [1.29, 1.82) is 0 Å². The lowest BCUT2D eigenvalue weighted by molar-refractivity contribution is -0.115. The maximum absolute atomic E-state index is 14.2. The molecule has 0 radical (unpaired) electrons. The van der Waals surface area contributed by atoms with Crippen LogP contribution in [0.25, 0.3) is 5.69 Å². The second-order valence-electron chi connectivity index (χ2n) is 5.95. The Morgan fingerprint density at radius 3 is 2.79 bits per heavy atom. The monoisotopic (exact) mass is 403 g/mol. The highest BCUT2D eigenvalue weighted by atomic mass is 32.2. The number of nitrogens with zero attached hydrogens (tertiary/aromatic N) is 3. The molecule has 2 aromatic heterocycles. The van der Waals surface area contributed by atoms with E-state index in [1.807, 2.05) is 0 Å². The molecule has 2 heterocycles. The van der Waals surface area contributed by atoms with Gasteiger partial charge in [0, 0.05) is 24.1 Å². The fourth-order valence-electron chi connectivity index (χ4n) is 2.32. The van der Waals surface area contributed by atoms with E-state index >= 15 is 0 Å². The van der Waals surface area contributed by atoms with Crippen molar-refractivity contribution >= 4 is 35.1 Å². The average Bonchev–Trinajstić information content (AvgIpc) is 3.31. The van der Waals surface area contributed by atoms with Gasteiger partial charge in [-0.1, -0.05) is 5.16 Å². The summed E-state index contributed by atoms with van der Waals surface area (Å²) in [6.45, 7) is 3.40. The number of rotatable bonds is 7. The highest BCUT2D eigenvalue weighted by Crippen LogP contribution is 2.19. The number of carbonyl (C=O) groups excluding carboxylic acids is 2. The Hall–Kier alpha value is -3.14. The largest absolute Gasteiger partial charge is 0.360 e. The first-order valence-electron chi connectivity index (χ1n) is 8.36. The van der Waals surface area contributed by atoms with Crippen LogP contribution in [0.2, 0.25) is 0 Å². The van der Waals surface area contributed by atoms with Crippen LogP contribution >= 0.6 is 11.8 Å². The number of amides is 2. The van der Waals surface area contributed by atoms with Crippen LogP contribution < -0.4 is 10.6 Å². The minimum Gasteiger partial charge on any atom is -0.360 e. The molecule has 8 nitrogen and oxygen atoms in total. The summed E-state index contributed by atoms with van der Waals surface area (Å²) in [6, 6.07) is 5.99. The molecule has 0 aliphatic heterocycles. The van der Waals surface area contributed by atoms with E-state index in [0.717, 1.165) is 11.8 Å². The number of halogens is 1. The van der Waals surface area contributed by atoms with Crippen molar-refractivity contribution < 1.29 is 18.5 Å². The van der Waals surface area contributed by atoms with E-state index in [-0.39, 0.29) is 17.6 Å². The van der Waals surface area contributed by atoms with Crippen molar-refractivity contribution in [2.24, 2.45) is 0 Å². The van der Waals surface area contributed by atoms with E-state index < -0.39 is 11.1 Å². The number of thioether (sulfide) groups is 1. The van der Waals surface area contributed by atoms with Crippen LogP contribution in [-0.4, -0.2) is 37.5 Å². The summed E-state index contributed by atoms with van der Waals surface area (Å²) in [5, 5.41) is 8.43. The molecule has 3 aromatic rings. The number of anilines is 2. The van der Waals surface area contributed by atoms with Gasteiger partial charge in [0.1, 0.15) is 11.6 Å². The van der Waals surface area contributed by atoms with Crippen molar-refractivity contribution in [2.75, 3.05) is 16.4 Å². The molecule has 1 aromatic carbocycles. The predicted octanol–water partition coefficient (Wildman–Crippen LogP) is 3.01. The number of hydrogen-bond acceptors (Lipinski definition) is 6. The smallest absolute Gasteiger partial charge is 0.238 e. The standard InChI is InChI=1S/C18H18FN5O3S/c1-11-7-16(23-27-11)22-18(26)12(2)28-9-17(25)21-13-3-4-15(14(19)8-13)24-6-5-20-10-24/h3-8,10,12H,9H2,1-2H3,(H,21,25)(H,22,23,26). The van der Waals surface area contributed by atoms with Crippen LogP contribution in [0, 0.1) is 12.7 Å². The van der Waals surface area contributed by atoms with Gasteiger partial charge in [-0.05, 0) is 32.0 Å². The summed E-state index contributed by atoms with van der Waals surface area (Å²) in [7, 11) is 0. The minimum absolute atomic E-state index is 0.0390. The molecule has 0 fully saturated rings. The van der Waals surface area contributed by atoms with Crippen molar-refractivity contribution in [3.63, 3.8) is 0 Å². The van der Waals surface area contributed by atoms with Gasteiger partial charge in [0.15, 0.2) is 5.82 Å². The number of imidazole rings is 1. The second-order valence-corrected chi connectivity index (χ2v) is 7.28. The molecular weight excluding hydrogens is 385 g/mol. The molecular formula is C18H18FN5O3S. The van der Waals surface area contributed by atoms with Gasteiger partial charge in [0.2, 0.25) is 11.8 Å². The van der Waals surface area contributed by atoms with Gasteiger partial charge < -0.3 is 19.7 Å². The van der Waals surface area contributed by atoms with Crippen molar-refractivity contribution in [2.45, 2.75) is 19.1 Å². The third-order valence-corrected chi connectivity index (χ3v) is 4.87. The Morgan fingerprint density at radius 2 is 2.14 bits per heavy atom. The number of hydrogen-bond donors (Lipinski definition) is 2. The molecule has 2 amide bonds. The molecule has 2 N–H and O–H groups in total. The second kappa shape index (κ2) is 8.70. The lowest BCUT2D eigenvalue weighted by atomic mass is 10.2. The normalized spacial score (nSPS) is 11.8. The fraction of sp³-hybridized carbons (Fsp3) is 0.222. The van der Waals surface area contributed by atoms with Gasteiger partial charge in [-0.25, -0.2) is 9.37 Å². The van der Waals surface area contributed by atoms with E-state index in [1.165, 1.54) is 17.0 Å². The molecule has 28 heavy (non-hydrogen) atoms. The van der Waals surface area contributed by atoms with Gasteiger partial charge in [0.05, 0.1) is 23.0 Å². The van der Waals surface area contributed by atoms with Gasteiger partial charge in [-0.3, -0.25) is 9.59 Å². The van der Waals surface area contributed by atoms with Gasteiger partial charge in [-0.2, -0.15) is 0 Å². The zero-order valence-electron chi connectivity index (χ0n) is 15.2. The molecule has 0 saturated carbocycles. The number of carbonyl (C=O) groups is 2. The maximum Gasteiger partial charge on any atom is 0.238 e. The third-order valence-electron chi connectivity index (χ3n) is 3.73. The fourth-order valence-corrected chi connectivity index (χ4v) is 3.01. The highest BCUT2D eigenvalue weighted by Gasteiger charge is 2.17. The zero-order valence-corrected chi connectivity index (χ0v) is 16.0. The van der Waals surface area contributed by atoms with Gasteiger partial charge in [0.25, 0.3) is 0 Å². The first kappa shape index (κ1) is 19.6. The lowest BCUT2D eigenvalue weighted by Gasteiger charge is -2.11. The maximum atomic E-state index is 14.2. The number of nitrogens with one attached hydrogen (secondary N) is 2. The number of aromatic nitrogens is 3. The average molecular weight is 403 g/mol. The lowest BCUT2D eigenvalue weighted by Crippen LogP contribution is -2.25. The SMILES string of the molecule is Cc1cc(NC(=O)C(C)SCC(=O)Nc2ccc(-n3ccnc3)c(F)c2)no1. The Bertz CT molecular complexity index is 974. The number of aryl methyl sites for hydroxylation is 1. The van der Waals surface area contributed by atoms with E-state index in [1.54, 1.807) is 44.4 Å². The summed E-state index contributed by atoms with van der Waals surface area (Å²) in [5.74, 6) is -0.163. The van der Waals surface area contributed by atoms with Crippen molar-refractivity contribution in [3.05, 3.63) is 54.6 Å². The molecule has 0 aliphatic carbocycles. The molecule has 0 aliphatic rings. The zero-order chi connectivity index (χ0) is 20.1. The summed E-state index contributed by atoms with van der Waals surface area (Å²) < 4.78 is 20.6. The molecule has 1 unspecified atom stereocenters. The van der Waals surface area contributed by atoms with Gasteiger partial charge >= 0.3 is 0 Å². The van der Waals surface area contributed by atoms with Crippen LogP contribution in [0.1, 0.15) is 12.7 Å². The molecule has 3 rings (SSSR count). The molecule has 0 spiro atoms. The first-order chi connectivity index (χ1) is 13.4. The van der Waals surface area contributed by atoms with Crippen molar-refractivity contribution in [1.82, 2.24) is 14.7 Å². The quantitative estimate of drug-likeness (QED) is 0.629. The van der Waals surface area contributed by atoms with Crippen molar-refractivity contribution in [3.8, 4) is 5.69 Å². The van der Waals surface area contributed by atoms with E-state index in [9.17, 15) is 14.0 Å². The molecule has 10 heteroatoms. The van der Waals surface area contributed by atoms with Crippen LogP contribution in [0.5, 0.6) is 0 Å². The van der Waals surface area contributed by atoms with Crippen LogP contribution in [0.3, 0.4) is 0 Å². The first-order valence-corrected chi connectivity index (χ1v) is 9.41. The predicted molar refractivity (Wildman–Crippen MR) is 104 cm³/mol. The van der Waals surface area contributed by atoms with Gasteiger partial charge in [-0.15, -0.1) is 11.8 Å².